The molecular weight excluding hydrogens is 477 g/mol. The lowest BCUT2D eigenvalue weighted by Crippen LogP contribution is -2.42. The summed E-state index contributed by atoms with van der Waals surface area (Å²) in [4.78, 5) is 47.2. The van der Waals surface area contributed by atoms with Crippen molar-refractivity contribution in [1.29, 1.82) is 0 Å². The molecule has 2 aromatic carbocycles. The predicted molar refractivity (Wildman–Crippen MR) is 116 cm³/mol. The molecule has 0 aliphatic carbocycles. The fourth-order valence-corrected chi connectivity index (χ4v) is 2.57. The van der Waals surface area contributed by atoms with Crippen LogP contribution in [0.1, 0.15) is 10.4 Å². The number of nitrogens with two attached hydrogens (primary N) is 1. The molecule has 0 aliphatic rings. The van der Waals surface area contributed by atoms with Crippen LogP contribution in [0.5, 0.6) is 5.75 Å². The maximum atomic E-state index is 12.7. The summed E-state index contributed by atoms with van der Waals surface area (Å²) in [5.74, 6) is 3.47. The van der Waals surface area contributed by atoms with Gasteiger partial charge in [0.2, 0.25) is 0 Å². The molecule has 0 saturated heterocycles. The van der Waals surface area contributed by atoms with Crippen LogP contribution in [0.4, 0.5) is 16.2 Å². The number of non-ortho nitro benzene ring substituents is 1. The Hall–Kier alpha value is -3.12. The zero-order valence-electron chi connectivity index (χ0n) is 15.8. The molecule has 0 radical (unpaired) electrons. The number of anilines is 1. The first-order valence-electron chi connectivity index (χ1n) is 8.09. The van der Waals surface area contributed by atoms with Crippen LogP contribution in [0.2, 0.25) is 10.0 Å². The highest BCUT2D eigenvalue weighted by atomic mass is 35.5. The summed E-state index contributed by atoms with van der Waals surface area (Å²) < 4.78 is 5.17. The average molecular weight is 493 g/mol. The first-order chi connectivity index (χ1) is 14.1. The molecule has 0 fully saturated rings. The van der Waals surface area contributed by atoms with Gasteiger partial charge < -0.3 is 15.0 Å². The number of nitro benzene ring substituents is 1. The molecule has 14 heteroatoms. The van der Waals surface area contributed by atoms with Gasteiger partial charge in [0.25, 0.3) is 17.5 Å². The number of nitrogens with zero attached hydrogens (tertiary/aromatic N) is 2. The first kappa shape index (κ1) is 25.9. The number of benzene rings is 2. The van der Waals surface area contributed by atoms with E-state index in [2.05, 4.69) is 5.32 Å². The SMILES string of the molecule is CN(CC(=O)NN)C(=O)Oc1ccc(Cl)cc1C(=O)Nc1ccc([N+](=O)[O-])cc1Cl.Cl. The highest BCUT2D eigenvalue weighted by molar-refractivity contribution is 6.34. The van der Waals surface area contributed by atoms with Crippen LogP contribution < -0.4 is 21.3 Å². The van der Waals surface area contributed by atoms with Gasteiger partial charge in [-0.05, 0) is 24.3 Å². The molecule has 3 amide bonds. The monoisotopic (exact) mass is 491 g/mol. The minimum Gasteiger partial charge on any atom is -0.409 e. The Balaban J connectivity index is 0.00000480. The number of likely N-dealkylation sites (N-methyl/N-ethyl adjacent to an activating group) is 1. The van der Waals surface area contributed by atoms with E-state index in [1.165, 1.54) is 31.3 Å². The van der Waals surface area contributed by atoms with Crippen molar-refractivity contribution in [3.63, 3.8) is 0 Å². The number of amides is 3. The maximum absolute atomic E-state index is 12.7. The number of ether oxygens (including phenoxy) is 1. The van der Waals surface area contributed by atoms with Gasteiger partial charge in [0.1, 0.15) is 12.3 Å². The number of carbonyl (C=O) groups is 3. The van der Waals surface area contributed by atoms with Crippen molar-refractivity contribution in [1.82, 2.24) is 10.3 Å². The number of nitrogens with one attached hydrogen (secondary N) is 2. The van der Waals surface area contributed by atoms with Crippen molar-refractivity contribution < 1.29 is 24.0 Å². The molecule has 0 atom stereocenters. The smallest absolute Gasteiger partial charge is 0.409 e. The van der Waals surface area contributed by atoms with Crippen LogP contribution in [0, 0.1) is 10.1 Å². The van der Waals surface area contributed by atoms with Crippen molar-refractivity contribution in [2.45, 2.75) is 0 Å². The second-order valence-corrected chi connectivity index (χ2v) is 6.65. The number of carbonyl (C=O) groups excluding carboxylic acids is 3. The second-order valence-electron chi connectivity index (χ2n) is 5.81. The maximum Gasteiger partial charge on any atom is 0.415 e. The molecule has 0 heterocycles. The van der Waals surface area contributed by atoms with Crippen molar-refractivity contribution in [3.05, 3.63) is 62.1 Å². The summed E-state index contributed by atoms with van der Waals surface area (Å²) in [6.45, 7) is -0.372. The average Bonchev–Trinajstić information content (AvgIpc) is 2.70. The van der Waals surface area contributed by atoms with E-state index in [9.17, 15) is 24.5 Å². The summed E-state index contributed by atoms with van der Waals surface area (Å²) in [7, 11) is 1.30. The van der Waals surface area contributed by atoms with E-state index in [4.69, 9.17) is 33.8 Å². The molecule has 2 rings (SSSR count). The fraction of sp³-hybridized carbons (Fsp3) is 0.118. The Morgan fingerprint density at radius 2 is 1.87 bits per heavy atom. The molecule has 0 aromatic heterocycles. The Bertz CT molecular complexity index is 1020. The van der Waals surface area contributed by atoms with Gasteiger partial charge in [-0.25, -0.2) is 10.6 Å². The molecular formula is C17H16Cl3N5O6. The van der Waals surface area contributed by atoms with E-state index >= 15 is 0 Å². The van der Waals surface area contributed by atoms with Gasteiger partial charge in [-0.1, -0.05) is 23.2 Å². The number of rotatable bonds is 6. The Kier molecular flexibility index (Phi) is 9.46. The van der Waals surface area contributed by atoms with Crippen molar-refractivity contribution >= 4 is 64.9 Å². The van der Waals surface area contributed by atoms with E-state index in [-0.39, 0.29) is 51.7 Å². The molecule has 166 valence electrons. The molecule has 4 N–H and O–H groups in total. The molecule has 0 spiro atoms. The number of nitro groups is 1. The second kappa shape index (κ2) is 11.3. The summed E-state index contributed by atoms with van der Waals surface area (Å²) in [6, 6.07) is 7.44. The molecule has 0 unspecified atom stereocenters. The van der Waals surface area contributed by atoms with Gasteiger partial charge >= 0.3 is 6.09 Å². The third-order valence-electron chi connectivity index (χ3n) is 3.65. The van der Waals surface area contributed by atoms with Gasteiger partial charge in [-0.15, -0.1) is 12.4 Å². The normalized spacial score (nSPS) is 9.81. The summed E-state index contributed by atoms with van der Waals surface area (Å²) >= 11 is 11.9. The van der Waals surface area contributed by atoms with Gasteiger partial charge in [-0.2, -0.15) is 0 Å². The topological polar surface area (TPSA) is 157 Å². The lowest BCUT2D eigenvalue weighted by atomic mass is 10.1. The van der Waals surface area contributed by atoms with E-state index in [1.807, 2.05) is 5.43 Å². The lowest BCUT2D eigenvalue weighted by Gasteiger charge is -2.17. The van der Waals surface area contributed by atoms with Crippen LogP contribution in [-0.2, 0) is 4.79 Å². The van der Waals surface area contributed by atoms with E-state index in [0.717, 1.165) is 17.0 Å². The Morgan fingerprint density at radius 3 is 2.45 bits per heavy atom. The van der Waals surface area contributed by atoms with Gasteiger partial charge in [0.15, 0.2) is 0 Å². The van der Waals surface area contributed by atoms with Gasteiger partial charge in [-0.3, -0.25) is 25.1 Å². The number of hydrazine groups is 1. The first-order valence-corrected chi connectivity index (χ1v) is 8.85. The third-order valence-corrected chi connectivity index (χ3v) is 4.20. The molecule has 0 saturated carbocycles. The lowest BCUT2D eigenvalue weighted by molar-refractivity contribution is -0.384. The third kappa shape index (κ3) is 6.96. The van der Waals surface area contributed by atoms with Crippen LogP contribution in [0.3, 0.4) is 0 Å². The zero-order chi connectivity index (χ0) is 22.4. The van der Waals surface area contributed by atoms with Crippen molar-refractivity contribution in [2.24, 2.45) is 5.84 Å². The van der Waals surface area contributed by atoms with Crippen LogP contribution in [-0.4, -0.2) is 41.3 Å². The number of halogens is 3. The van der Waals surface area contributed by atoms with E-state index in [1.54, 1.807) is 0 Å². The predicted octanol–water partition coefficient (Wildman–Crippen LogP) is 3.00. The summed E-state index contributed by atoms with van der Waals surface area (Å²) in [6.07, 6.45) is -0.927. The highest BCUT2D eigenvalue weighted by Crippen LogP contribution is 2.29. The summed E-state index contributed by atoms with van der Waals surface area (Å²) in [5, 5.41) is 13.4. The standard InChI is InChI=1S/C17H15Cl2N5O6.ClH/c1-23(8-15(25)22-20)17(27)30-14-5-2-9(18)6-11(14)16(26)21-13-4-3-10(24(28)29)7-12(13)19;/h2-7H,8,20H2,1H3,(H,21,26)(H,22,25);1H. The molecule has 0 bridgehead atoms. The zero-order valence-corrected chi connectivity index (χ0v) is 18.1. The van der Waals surface area contributed by atoms with Gasteiger partial charge in [0.05, 0.1) is 21.2 Å². The van der Waals surface area contributed by atoms with Crippen LogP contribution >= 0.6 is 35.6 Å². The molecule has 11 nitrogen and oxygen atoms in total. The quantitative estimate of drug-likeness (QED) is 0.242. The van der Waals surface area contributed by atoms with E-state index in [0.29, 0.717) is 0 Å². The molecule has 0 aliphatic heterocycles. The minimum atomic E-state index is -0.927. The van der Waals surface area contributed by atoms with Crippen molar-refractivity contribution in [3.8, 4) is 5.75 Å². The fourth-order valence-electron chi connectivity index (χ4n) is 2.17. The van der Waals surface area contributed by atoms with Crippen LogP contribution in [0.25, 0.3) is 0 Å². The highest BCUT2D eigenvalue weighted by Gasteiger charge is 2.21. The number of hydrogen-bond acceptors (Lipinski definition) is 7. The number of hydrogen-bond donors (Lipinski definition) is 3. The molecule has 2 aromatic rings. The largest absolute Gasteiger partial charge is 0.415 e. The molecule has 31 heavy (non-hydrogen) atoms. The summed E-state index contributed by atoms with van der Waals surface area (Å²) in [5.41, 5.74) is 1.61. The van der Waals surface area contributed by atoms with Gasteiger partial charge in [0, 0.05) is 24.2 Å². The van der Waals surface area contributed by atoms with Crippen LogP contribution in [0.15, 0.2) is 36.4 Å². The Morgan fingerprint density at radius 1 is 1.19 bits per heavy atom. The van der Waals surface area contributed by atoms with E-state index < -0.39 is 22.8 Å². The minimum absolute atomic E-state index is 0. The van der Waals surface area contributed by atoms with Crippen molar-refractivity contribution in [2.75, 3.05) is 18.9 Å². The Labute approximate surface area is 191 Å².